The average molecular weight is 436 g/mol. The maximum Gasteiger partial charge on any atom is 0.352 e. The van der Waals surface area contributed by atoms with E-state index in [0.717, 1.165) is 4.90 Å². The second-order valence-corrected chi connectivity index (χ2v) is 7.07. The number of amides is 2. The fourth-order valence-corrected chi connectivity index (χ4v) is 4.38. The molecule has 0 aliphatic carbocycles. The molecular weight excluding hydrogens is 414 g/mol. The number of nitrogens with one attached hydrogen (secondary N) is 1. The van der Waals surface area contributed by atoms with Gasteiger partial charge >= 0.3 is 5.97 Å². The molecule has 2 N–H and O–H groups in total. The minimum absolute atomic E-state index is 0.0937. The van der Waals surface area contributed by atoms with Crippen molar-refractivity contribution >= 4 is 46.9 Å². The summed E-state index contributed by atoms with van der Waals surface area (Å²) in [4.78, 5) is 42.5. The predicted molar refractivity (Wildman–Crippen MR) is 102 cm³/mol. The highest BCUT2D eigenvalue weighted by molar-refractivity contribution is 8.00. The maximum absolute atomic E-state index is 12.9. The zero-order chi connectivity index (χ0) is 20.9. The van der Waals surface area contributed by atoms with Crippen molar-refractivity contribution in [3.05, 3.63) is 11.8 Å². The SMILES string of the molecule is CCOC(CCl)(OCC)C(=NOC)C(=O)NC1C(=O)N2C(C(=O)O)=CCS[C@@H]12. The highest BCUT2D eigenvalue weighted by Crippen LogP contribution is 2.37. The molecule has 0 aromatic heterocycles. The van der Waals surface area contributed by atoms with E-state index in [9.17, 15) is 19.5 Å². The molecule has 28 heavy (non-hydrogen) atoms. The zero-order valence-electron chi connectivity index (χ0n) is 15.6. The van der Waals surface area contributed by atoms with Gasteiger partial charge < -0.3 is 24.7 Å². The van der Waals surface area contributed by atoms with Crippen LogP contribution in [0.25, 0.3) is 0 Å². The van der Waals surface area contributed by atoms with Crippen molar-refractivity contribution in [3.8, 4) is 0 Å². The van der Waals surface area contributed by atoms with E-state index in [1.54, 1.807) is 13.8 Å². The van der Waals surface area contributed by atoms with E-state index in [1.807, 2.05) is 0 Å². The second-order valence-electron chi connectivity index (χ2n) is 5.65. The van der Waals surface area contributed by atoms with E-state index in [2.05, 4.69) is 10.5 Å². The summed E-state index contributed by atoms with van der Waals surface area (Å²) < 4.78 is 11.1. The highest BCUT2D eigenvalue weighted by atomic mass is 35.5. The number of β-lactam (4-membered cyclic amide) rings is 1. The largest absolute Gasteiger partial charge is 0.477 e. The monoisotopic (exact) mass is 435 g/mol. The molecule has 0 radical (unpaired) electrons. The van der Waals surface area contributed by atoms with Crippen LogP contribution in [0.3, 0.4) is 0 Å². The molecule has 0 saturated carbocycles. The standard InChI is InChI=1S/C16H22ClN3O7S/c1-4-26-16(8-17,27-5-2)11(19-25-3)12(21)18-10-13(22)20-9(15(23)24)6-7-28-14(10)20/h6,10,14H,4-5,7-8H2,1-3H3,(H,18,21)(H,23,24)/t10?,14-/m0/s1. The van der Waals surface area contributed by atoms with Gasteiger partial charge in [0.25, 0.3) is 11.8 Å². The average Bonchev–Trinajstić information content (AvgIpc) is 2.68. The van der Waals surface area contributed by atoms with Gasteiger partial charge in [0.15, 0.2) is 0 Å². The number of aliphatic carboxylic acids is 1. The Morgan fingerprint density at radius 2 is 2.07 bits per heavy atom. The topological polar surface area (TPSA) is 127 Å². The van der Waals surface area contributed by atoms with Crippen LogP contribution < -0.4 is 5.32 Å². The molecule has 0 bridgehead atoms. The third-order valence-electron chi connectivity index (χ3n) is 4.04. The maximum atomic E-state index is 12.9. The Balaban J connectivity index is 2.22. The van der Waals surface area contributed by atoms with Gasteiger partial charge in [0.05, 0.1) is 5.88 Å². The van der Waals surface area contributed by atoms with E-state index in [4.69, 9.17) is 25.9 Å². The number of thioether (sulfide) groups is 1. The quantitative estimate of drug-likeness (QED) is 0.166. The number of carbonyl (C=O) groups is 3. The summed E-state index contributed by atoms with van der Waals surface area (Å²) in [6.45, 7) is 3.77. The van der Waals surface area contributed by atoms with Crippen molar-refractivity contribution < 1.29 is 33.8 Å². The van der Waals surface area contributed by atoms with Crippen LogP contribution in [0.5, 0.6) is 0 Å². The molecule has 2 aliphatic rings. The number of carbonyl (C=O) groups excluding carboxylic acids is 2. The molecule has 0 spiro atoms. The number of hydrogen-bond acceptors (Lipinski definition) is 8. The number of rotatable bonds is 10. The van der Waals surface area contributed by atoms with Gasteiger partial charge in [-0.3, -0.25) is 14.5 Å². The smallest absolute Gasteiger partial charge is 0.352 e. The number of nitrogens with zero attached hydrogens (tertiary/aromatic N) is 2. The van der Waals surface area contributed by atoms with Crippen LogP contribution >= 0.6 is 23.4 Å². The molecule has 2 aliphatic heterocycles. The first-order valence-corrected chi connectivity index (χ1v) is 10.1. The lowest BCUT2D eigenvalue weighted by Crippen LogP contribution is -2.71. The molecule has 0 aromatic rings. The van der Waals surface area contributed by atoms with Gasteiger partial charge in [0, 0.05) is 19.0 Å². The molecule has 2 rings (SSSR count). The minimum atomic E-state index is -1.65. The number of ether oxygens (including phenoxy) is 2. The molecular formula is C16H22ClN3O7S. The number of halogens is 1. The molecule has 2 heterocycles. The Hall–Kier alpha value is -1.82. The Bertz CT molecular complexity index is 694. The summed E-state index contributed by atoms with van der Waals surface area (Å²) in [5.74, 6) is -3.96. The van der Waals surface area contributed by atoms with Crippen molar-refractivity contribution in [3.63, 3.8) is 0 Å². The van der Waals surface area contributed by atoms with Crippen LogP contribution in [0, 0.1) is 0 Å². The molecule has 1 saturated heterocycles. The number of carboxylic acids is 1. The normalized spacial score (nSPS) is 22.1. The third kappa shape index (κ3) is 4.12. The Morgan fingerprint density at radius 1 is 1.43 bits per heavy atom. The molecule has 2 atom stereocenters. The summed E-state index contributed by atoms with van der Waals surface area (Å²) >= 11 is 7.35. The van der Waals surface area contributed by atoms with Crippen molar-refractivity contribution in [1.29, 1.82) is 0 Å². The second kappa shape index (κ2) is 9.59. The van der Waals surface area contributed by atoms with E-state index in [0.29, 0.717) is 5.75 Å². The van der Waals surface area contributed by atoms with E-state index in [-0.39, 0.29) is 30.5 Å². The Morgan fingerprint density at radius 3 is 2.57 bits per heavy atom. The number of carboxylic acid groups (broad SMARTS) is 1. The number of hydrogen-bond donors (Lipinski definition) is 2. The van der Waals surface area contributed by atoms with Crippen LogP contribution in [0.1, 0.15) is 13.8 Å². The van der Waals surface area contributed by atoms with Gasteiger partial charge in [-0.05, 0) is 19.9 Å². The van der Waals surface area contributed by atoms with Crippen molar-refractivity contribution in [2.24, 2.45) is 5.16 Å². The summed E-state index contributed by atoms with van der Waals surface area (Å²) in [5.41, 5.74) is -0.362. The summed E-state index contributed by atoms with van der Waals surface area (Å²) in [5, 5.41) is 15.0. The third-order valence-corrected chi connectivity index (χ3v) is 5.58. The molecule has 1 unspecified atom stereocenters. The molecule has 156 valence electrons. The van der Waals surface area contributed by atoms with Gasteiger partial charge in [-0.2, -0.15) is 0 Å². The predicted octanol–water partition coefficient (Wildman–Crippen LogP) is 0.365. The highest BCUT2D eigenvalue weighted by Gasteiger charge is 2.54. The van der Waals surface area contributed by atoms with Crippen molar-refractivity contribution in [2.75, 3.05) is 32.0 Å². The summed E-state index contributed by atoms with van der Waals surface area (Å²) in [7, 11) is 1.25. The molecule has 0 aromatic carbocycles. The van der Waals surface area contributed by atoms with Crippen molar-refractivity contribution in [2.45, 2.75) is 31.1 Å². The van der Waals surface area contributed by atoms with Crippen LogP contribution in [-0.4, -0.2) is 82.7 Å². The zero-order valence-corrected chi connectivity index (χ0v) is 17.2. The van der Waals surface area contributed by atoms with Crippen LogP contribution in [-0.2, 0) is 28.7 Å². The van der Waals surface area contributed by atoms with Crippen LogP contribution in [0.15, 0.2) is 16.9 Å². The number of fused-ring (bicyclic) bond motifs is 1. The molecule has 12 heteroatoms. The molecule has 2 amide bonds. The Kier molecular flexibility index (Phi) is 7.70. The van der Waals surface area contributed by atoms with E-state index >= 15 is 0 Å². The summed E-state index contributed by atoms with van der Waals surface area (Å²) in [6, 6.07) is -0.918. The molecule has 1 fully saturated rings. The van der Waals surface area contributed by atoms with Gasteiger partial charge in [-0.1, -0.05) is 5.16 Å². The van der Waals surface area contributed by atoms with Gasteiger partial charge in [-0.25, -0.2) is 4.79 Å². The first-order valence-electron chi connectivity index (χ1n) is 8.51. The Labute approximate surface area is 171 Å². The first-order chi connectivity index (χ1) is 13.4. The van der Waals surface area contributed by atoms with E-state index < -0.39 is 35.0 Å². The molecule has 10 nitrogen and oxygen atoms in total. The fourth-order valence-electron chi connectivity index (χ4n) is 2.91. The van der Waals surface area contributed by atoms with Gasteiger partial charge in [0.1, 0.15) is 24.2 Å². The van der Waals surface area contributed by atoms with Crippen LogP contribution in [0.4, 0.5) is 0 Å². The first kappa shape index (κ1) is 22.5. The van der Waals surface area contributed by atoms with E-state index in [1.165, 1.54) is 24.9 Å². The number of oxime groups is 1. The lowest BCUT2D eigenvalue weighted by molar-refractivity contribution is -0.172. The van der Waals surface area contributed by atoms with Gasteiger partial charge in [0.2, 0.25) is 11.5 Å². The fraction of sp³-hybridized carbons (Fsp3) is 0.625. The number of alkyl halides is 1. The summed E-state index contributed by atoms with van der Waals surface area (Å²) in [6.07, 6.45) is 1.46. The lowest BCUT2D eigenvalue weighted by atomic mass is 10.0. The van der Waals surface area contributed by atoms with Gasteiger partial charge in [-0.15, -0.1) is 23.4 Å². The lowest BCUT2D eigenvalue weighted by Gasteiger charge is -2.48. The van der Waals surface area contributed by atoms with Crippen LogP contribution in [0.2, 0.25) is 0 Å². The minimum Gasteiger partial charge on any atom is -0.477 e. The van der Waals surface area contributed by atoms with Crippen molar-refractivity contribution in [1.82, 2.24) is 10.2 Å².